The van der Waals surface area contributed by atoms with Crippen LogP contribution in [0.15, 0.2) is 0 Å². The standard InChI is InChI=1S/C12H19F6NO/c13-11(14,15)10(12(16,17)18)20-8-7-19-9-5-3-1-2-4-6-9/h9-10,19H,1-8H2. The molecule has 2 nitrogen and oxygen atoms in total. The SMILES string of the molecule is FC(F)(F)C(OCCNC1CCCCCC1)C(F)(F)F. The summed E-state index contributed by atoms with van der Waals surface area (Å²) in [5.74, 6) is 0. The molecule has 0 aliphatic heterocycles. The van der Waals surface area contributed by atoms with Crippen molar-refractivity contribution in [3.63, 3.8) is 0 Å². The number of alkyl halides is 6. The summed E-state index contributed by atoms with van der Waals surface area (Å²) in [6, 6.07) is 0.163. The number of hydrogen-bond donors (Lipinski definition) is 1. The Hall–Kier alpha value is -0.500. The first-order valence-corrected chi connectivity index (χ1v) is 6.69. The molecule has 1 aliphatic carbocycles. The summed E-state index contributed by atoms with van der Waals surface area (Å²) in [6.45, 7) is -0.618. The Balaban J connectivity index is 2.30. The molecule has 0 aromatic heterocycles. The predicted molar refractivity (Wildman–Crippen MR) is 61.3 cm³/mol. The Bertz CT molecular complexity index is 256. The Morgan fingerprint density at radius 1 is 0.900 bits per heavy atom. The van der Waals surface area contributed by atoms with Crippen LogP contribution in [0.4, 0.5) is 26.3 Å². The summed E-state index contributed by atoms with van der Waals surface area (Å²) in [7, 11) is 0. The van der Waals surface area contributed by atoms with Crippen molar-refractivity contribution in [2.24, 2.45) is 0 Å². The maximum atomic E-state index is 12.2. The lowest BCUT2D eigenvalue weighted by atomic mass is 10.1. The van der Waals surface area contributed by atoms with Gasteiger partial charge in [-0.05, 0) is 12.8 Å². The van der Waals surface area contributed by atoms with Crippen LogP contribution < -0.4 is 5.32 Å². The molecule has 0 amide bonds. The Labute approximate surface area is 113 Å². The van der Waals surface area contributed by atoms with Gasteiger partial charge in [-0.15, -0.1) is 0 Å². The van der Waals surface area contributed by atoms with Gasteiger partial charge in [-0.2, -0.15) is 26.3 Å². The lowest BCUT2D eigenvalue weighted by Crippen LogP contribution is -2.45. The molecular formula is C12H19F6NO. The number of ether oxygens (including phenoxy) is 1. The molecule has 0 spiro atoms. The van der Waals surface area contributed by atoms with Gasteiger partial charge in [0.05, 0.1) is 6.61 Å². The fourth-order valence-electron chi connectivity index (χ4n) is 2.30. The van der Waals surface area contributed by atoms with E-state index in [-0.39, 0.29) is 12.6 Å². The van der Waals surface area contributed by atoms with Crippen LogP contribution in [0.5, 0.6) is 0 Å². The number of hydrogen-bond acceptors (Lipinski definition) is 2. The molecule has 1 aliphatic rings. The van der Waals surface area contributed by atoms with E-state index in [9.17, 15) is 26.3 Å². The van der Waals surface area contributed by atoms with E-state index in [0.717, 1.165) is 38.5 Å². The molecule has 0 radical (unpaired) electrons. The Kier molecular flexibility index (Phi) is 6.57. The van der Waals surface area contributed by atoms with Crippen molar-refractivity contribution >= 4 is 0 Å². The van der Waals surface area contributed by atoms with E-state index in [1.807, 2.05) is 0 Å². The highest BCUT2D eigenvalue weighted by Gasteiger charge is 2.57. The zero-order valence-corrected chi connectivity index (χ0v) is 11.0. The van der Waals surface area contributed by atoms with Crippen molar-refractivity contribution in [2.45, 2.75) is 63.0 Å². The largest absolute Gasteiger partial charge is 0.423 e. The first-order chi connectivity index (χ1) is 9.21. The van der Waals surface area contributed by atoms with E-state index in [1.165, 1.54) is 0 Å². The normalized spacial score (nSPS) is 19.4. The van der Waals surface area contributed by atoms with E-state index in [1.54, 1.807) is 0 Å². The van der Waals surface area contributed by atoms with Gasteiger partial charge in [-0.3, -0.25) is 0 Å². The van der Waals surface area contributed by atoms with Crippen LogP contribution in [0.3, 0.4) is 0 Å². The van der Waals surface area contributed by atoms with Crippen LogP contribution in [0.1, 0.15) is 38.5 Å². The molecule has 8 heteroatoms. The molecule has 120 valence electrons. The third kappa shape index (κ3) is 6.30. The van der Waals surface area contributed by atoms with Gasteiger partial charge in [0.1, 0.15) is 0 Å². The molecule has 0 heterocycles. The van der Waals surface area contributed by atoms with Gasteiger partial charge in [0.2, 0.25) is 6.10 Å². The van der Waals surface area contributed by atoms with Crippen LogP contribution in [0, 0.1) is 0 Å². The summed E-state index contributed by atoms with van der Waals surface area (Å²) < 4.78 is 77.1. The molecule has 1 fully saturated rings. The molecule has 0 aromatic carbocycles. The zero-order chi connectivity index (χ0) is 15.2. The molecule has 1 rings (SSSR count). The van der Waals surface area contributed by atoms with Crippen LogP contribution in [0.2, 0.25) is 0 Å². The first kappa shape index (κ1) is 17.6. The summed E-state index contributed by atoms with van der Waals surface area (Å²) >= 11 is 0. The van der Waals surface area contributed by atoms with E-state index < -0.39 is 25.1 Å². The van der Waals surface area contributed by atoms with Gasteiger partial charge in [0.15, 0.2) is 0 Å². The van der Waals surface area contributed by atoms with Crippen molar-refractivity contribution in [2.75, 3.05) is 13.2 Å². The second-order valence-electron chi connectivity index (χ2n) is 4.98. The summed E-state index contributed by atoms with van der Waals surface area (Å²) in [6.07, 6.45) is -8.44. The monoisotopic (exact) mass is 307 g/mol. The molecule has 0 aromatic rings. The number of nitrogens with one attached hydrogen (secondary N) is 1. The van der Waals surface area contributed by atoms with Crippen LogP contribution in [0.25, 0.3) is 0 Å². The maximum absolute atomic E-state index is 12.2. The summed E-state index contributed by atoms with van der Waals surface area (Å²) in [5.41, 5.74) is 0. The average Bonchev–Trinajstić information content (AvgIpc) is 2.53. The lowest BCUT2D eigenvalue weighted by Gasteiger charge is -2.24. The van der Waals surface area contributed by atoms with Crippen molar-refractivity contribution in [3.05, 3.63) is 0 Å². The Morgan fingerprint density at radius 2 is 1.40 bits per heavy atom. The number of rotatable bonds is 5. The maximum Gasteiger partial charge on any atom is 0.423 e. The smallest absolute Gasteiger partial charge is 0.360 e. The molecular weight excluding hydrogens is 288 g/mol. The number of halogens is 6. The highest BCUT2D eigenvalue weighted by atomic mass is 19.4. The van der Waals surface area contributed by atoms with E-state index in [4.69, 9.17) is 0 Å². The predicted octanol–water partition coefficient (Wildman–Crippen LogP) is 3.81. The average molecular weight is 307 g/mol. The second-order valence-corrected chi connectivity index (χ2v) is 4.98. The molecule has 20 heavy (non-hydrogen) atoms. The van der Waals surface area contributed by atoms with Gasteiger partial charge in [-0.25, -0.2) is 0 Å². The van der Waals surface area contributed by atoms with Gasteiger partial charge in [-0.1, -0.05) is 25.7 Å². The first-order valence-electron chi connectivity index (χ1n) is 6.69. The van der Waals surface area contributed by atoms with Gasteiger partial charge >= 0.3 is 12.4 Å². The van der Waals surface area contributed by atoms with Gasteiger partial charge in [0, 0.05) is 12.6 Å². The van der Waals surface area contributed by atoms with Crippen molar-refractivity contribution in [1.82, 2.24) is 5.32 Å². The molecule has 1 saturated carbocycles. The molecule has 0 atom stereocenters. The van der Waals surface area contributed by atoms with Crippen molar-refractivity contribution in [3.8, 4) is 0 Å². The van der Waals surface area contributed by atoms with Crippen molar-refractivity contribution in [1.29, 1.82) is 0 Å². The summed E-state index contributed by atoms with van der Waals surface area (Å²) in [5, 5.41) is 2.96. The minimum Gasteiger partial charge on any atom is -0.360 e. The minimum atomic E-state index is -5.43. The third-order valence-corrected chi connectivity index (χ3v) is 3.27. The third-order valence-electron chi connectivity index (χ3n) is 3.27. The lowest BCUT2D eigenvalue weighted by molar-refractivity contribution is -0.321. The topological polar surface area (TPSA) is 21.3 Å². The zero-order valence-electron chi connectivity index (χ0n) is 11.0. The fourth-order valence-corrected chi connectivity index (χ4v) is 2.30. The Morgan fingerprint density at radius 3 is 1.85 bits per heavy atom. The van der Waals surface area contributed by atoms with E-state index in [2.05, 4.69) is 10.1 Å². The summed E-state index contributed by atoms with van der Waals surface area (Å²) in [4.78, 5) is 0. The van der Waals surface area contributed by atoms with Crippen LogP contribution >= 0.6 is 0 Å². The molecule has 0 unspecified atom stereocenters. The molecule has 0 bridgehead atoms. The molecule has 0 saturated heterocycles. The van der Waals surface area contributed by atoms with Crippen LogP contribution in [-0.2, 0) is 4.74 Å². The quantitative estimate of drug-likeness (QED) is 0.474. The minimum absolute atomic E-state index is 0.00662. The van der Waals surface area contributed by atoms with E-state index >= 15 is 0 Å². The van der Waals surface area contributed by atoms with Crippen molar-refractivity contribution < 1.29 is 31.1 Å². The van der Waals surface area contributed by atoms with Gasteiger partial charge in [0.25, 0.3) is 0 Å². The molecule has 1 N–H and O–H groups in total. The fraction of sp³-hybridized carbons (Fsp3) is 1.00. The van der Waals surface area contributed by atoms with Gasteiger partial charge < -0.3 is 10.1 Å². The van der Waals surface area contributed by atoms with E-state index in [0.29, 0.717) is 0 Å². The van der Waals surface area contributed by atoms with Crippen LogP contribution in [-0.4, -0.2) is 37.7 Å². The highest BCUT2D eigenvalue weighted by Crippen LogP contribution is 2.35. The second kappa shape index (κ2) is 7.49. The highest BCUT2D eigenvalue weighted by molar-refractivity contribution is 4.76.